The number of rotatable bonds is 5. The number of amidine groups is 1. The average Bonchev–Trinajstić information content (AvgIpc) is 2.74. The molecule has 0 atom stereocenters. The number of nitrogens with zero attached hydrogens (tertiary/aromatic N) is 6. The fraction of sp³-hybridized carbons (Fsp3) is 0.182. The standard InChI is InChI=1S/C22H20Cl3N7OS/c1-11-7-6-8-15(23)20(11)31-21(33)12(2)34-22(26-5)32(18-9-16(24)27-13(3)29-18)19-10-17(25)28-14(4)30-19/h6-10H,2H2,1,3-5H3,(H,31,33). The highest BCUT2D eigenvalue weighted by Gasteiger charge is 2.24. The number of aromatic nitrogens is 4. The summed E-state index contributed by atoms with van der Waals surface area (Å²) in [6.45, 7) is 9.18. The van der Waals surface area contributed by atoms with Crippen molar-refractivity contribution in [3.63, 3.8) is 0 Å². The number of halogens is 3. The third-order valence-corrected chi connectivity index (χ3v) is 6.04. The molecule has 3 aromatic rings. The molecule has 0 bridgehead atoms. The fourth-order valence-electron chi connectivity index (χ4n) is 2.90. The zero-order valence-corrected chi connectivity index (χ0v) is 21.8. The van der Waals surface area contributed by atoms with Crippen molar-refractivity contribution in [3.05, 3.63) is 74.4 Å². The first kappa shape index (κ1) is 25.9. The molecule has 0 radical (unpaired) electrons. The molecule has 0 fully saturated rings. The summed E-state index contributed by atoms with van der Waals surface area (Å²) < 4.78 is 0. The van der Waals surface area contributed by atoms with Gasteiger partial charge in [0.05, 0.1) is 15.6 Å². The Kier molecular flexibility index (Phi) is 8.48. The molecule has 0 spiro atoms. The molecule has 1 aromatic carbocycles. The zero-order chi connectivity index (χ0) is 25.0. The summed E-state index contributed by atoms with van der Waals surface area (Å²) in [6, 6.07) is 8.47. The number of hydrogen-bond acceptors (Lipinski definition) is 7. The van der Waals surface area contributed by atoms with Crippen molar-refractivity contribution in [2.24, 2.45) is 4.99 Å². The molecule has 2 aromatic heterocycles. The highest BCUT2D eigenvalue weighted by atomic mass is 35.5. The molecule has 0 saturated heterocycles. The van der Waals surface area contributed by atoms with Crippen LogP contribution in [0.1, 0.15) is 17.2 Å². The van der Waals surface area contributed by atoms with E-state index in [4.69, 9.17) is 34.8 Å². The number of benzene rings is 1. The molecule has 0 aliphatic heterocycles. The van der Waals surface area contributed by atoms with Gasteiger partial charge in [-0.05, 0) is 44.2 Å². The van der Waals surface area contributed by atoms with Crippen molar-refractivity contribution in [1.82, 2.24) is 19.9 Å². The van der Waals surface area contributed by atoms with Crippen LogP contribution in [0.15, 0.2) is 46.8 Å². The number of aliphatic imine (C=N–C) groups is 1. The molecule has 12 heteroatoms. The molecule has 8 nitrogen and oxygen atoms in total. The van der Waals surface area contributed by atoms with Crippen molar-refractivity contribution in [2.45, 2.75) is 20.8 Å². The van der Waals surface area contributed by atoms with E-state index in [1.807, 2.05) is 13.0 Å². The Labute approximate surface area is 216 Å². The van der Waals surface area contributed by atoms with E-state index in [0.29, 0.717) is 39.2 Å². The van der Waals surface area contributed by atoms with Gasteiger partial charge in [0.1, 0.15) is 33.6 Å². The Balaban J connectivity index is 1.97. The van der Waals surface area contributed by atoms with Gasteiger partial charge >= 0.3 is 0 Å². The quantitative estimate of drug-likeness (QED) is 0.180. The number of carbonyl (C=O) groups is 1. The van der Waals surface area contributed by atoms with Gasteiger partial charge in [-0.25, -0.2) is 19.9 Å². The van der Waals surface area contributed by atoms with E-state index in [-0.39, 0.29) is 15.2 Å². The Morgan fingerprint density at radius 3 is 2.03 bits per heavy atom. The maximum atomic E-state index is 12.9. The lowest BCUT2D eigenvalue weighted by Gasteiger charge is -2.24. The lowest BCUT2D eigenvalue weighted by atomic mass is 10.2. The first-order valence-electron chi connectivity index (χ1n) is 9.81. The summed E-state index contributed by atoms with van der Waals surface area (Å²) in [6.07, 6.45) is 0. The first-order chi connectivity index (χ1) is 16.1. The third kappa shape index (κ3) is 6.24. The average molecular weight is 537 g/mol. The number of nitrogens with one attached hydrogen (secondary N) is 1. The summed E-state index contributed by atoms with van der Waals surface area (Å²) in [5, 5.41) is 4.04. The largest absolute Gasteiger partial charge is 0.320 e. The zero-order valence-electron chi connectivity index (χ0n) is 18.7. The van der Waals surface area contributed by atoms with Crippen LogP contribution in [0, 0.1) is 20.8 Å². The highest BCUT2D eigenvalue weighted by Crippen LogP contribution is 2.32. The van der Waals surface area contributed by atoms with Gasteiger partial charge in [0.25, 0.3) is 5.91 Å². The van der Waals surface area contributed by atoms with Gasteiger partial charge in [0.2, 0.25) is 0 Å². The lowest BCUT2D eigenvalue weighted by Crippen LogP contribution is -2.27. The summed E-state index contributed by atoms with van der Waals surface area (Å²) in [7, 11) is 1.57. The summed E-state index contributed by atoms with van der Waals surface area (Å²) in [5.74, 6) is 1.21. The predicted molar refractivity (Wildman–Crippen MR) is 141 cm³/mol. The van der Waals surface area contributed by atoms with Gasteiger partial charge in [-0.2, -0.15) is 0 Å². The molecule has 34 heavy (non-hydrogen) atoms. The van der Waals surface area contributed by atoms with Crippen LogP contribution in [-0.4, -0.2) is 38.1 Å². The Bertz CT molecular complexity index is 1190. The normalized spacial score (nSPS) is 11.3. The molecule has 1 amide bonds. The van der Waals surface area contributed by atoms with Crippen LogP contribution in [0.3, 0.4) is 0 Å². The first-order valence-corrected chi connectivity index (χ1v) is 11.8. The number of amides is 1. The van der Waals surface area contributed by atoms with E-state index in [1.165, 1.54) is 0 Å². The van der Waals surface area contributed by atoms with E-state index < -0.39 is 5.91 Å². The number of anilines is 3. The second-order valence-corrected chi connectivity index (χ2v) is 9.19. The minimum absolute atomic E-state index is 0.165. The van der Waals surface area contributed by atoms with Crippen LogP contribution in [-0.2, 0) is 4.79 Å². The molecule has 3 rings (SSSR count). The van der Waals surface area contributed by atoms with Crippen molar-refractivity contribution in [3.8, 4) is 0 Å². The van der Waals surface area contributed by atoms with Crippen molar-refractivity contribution < 1.29 is 4.79 Å². The topological polar surface area (TPSA) is 96.3 Å². The maximum absolute atomic E-state index is 12.9. The molecule has 2 heterocycles. The van der Waals surface area contributed by atoms with Crippen molar-refractivity contribution in [2.75, 3.05) is 17.3 Å². The maximum Gasteiger partial charge on any atom is 0.261 e. The molecule has 0 saturated carbocycles. The molecule has 1 N–H and O–H groups in total. The monoisotopic (exact) mass is 535 g/mol. The number of para-hydroxylation sites is 1. The van der Waals surface area contributed by atoms with Gasteiger partial charge in [0, 0.05) is 19.2 Å². The van der Waals surface area contributed by atoms with Crippen LogP contribution in [0.4, 0.5) is 17.3 Å². The number of thioether (sulfide) groups is 1. The molecular formula is C22H20Cl3N7OS. The van der Waals surface area contributed by atoms with Crippen LogP contribution in [0.25, 0.3) is 0 Å². The van der Waals surface area contributed by atoms with Gasteiger partial charge in [0.15, 0.2) is 5.17 Å². The van der Waals surface area contributed by atoms with Crippen LogP contribution in [0.5, 0.6) is 0 Å². The predicted octanol–water partition coefficient (Wildman–Crippen LogP) is 6.16. The summed E-state index contributed by atoms with van der Waals surface area (Å²) >= 11 is 19.7. The number of aryl methyl sites for hydroxylation is 3. The lowest BCUT2D eigenvalue weighted by molar-refractivity contribution is -0.112. The van der Waals surface area contributed by atoms with E-state index in [1.54, 1.807) is 50.1 Å². The van der Waals surface area contributed by atoms with Gasteiger partial charge < -0.3 is 5.32 Å². The van der Waals surface area contributed by atoms with Gasteiger partial charge in [-0.3, -0.25) is 14.7 Å². The summed E-state index contributed by atoms with van der Waals surface area (Å²) in [4.78, 5) is 36.2. The minimum Gasteiger partial charge on any atom is -0.320 e. The Morgan fingerprint density at radius 2 is 1.56 bits per heavy atom. The summed E-state index contributed by atoms with van der Waals surface area (Å²) in [5.41, 5.74) is 1.33. The second-order valence-electron chi connectivity index (χ2n) is 6.94. The Hall–Kier alpha value is -2.72. The van der Waals surface area contributed by atoms with E-state index in [0.717, 1.165) is 17.3 Å². The van der Waals surface area contributed by atoms with Gasteiger partial charge in [-0.15, -0.1) is 0 Å². The van der Waals surface area contributed by atoms with Crippen LogP contribution >= 0.6 is 46.6 Å². The highest BCUT2D eigenvalue weighted by molar-refractivity contribution is 8.18. The van der Waals surface area contributed by atoms with Crippen LogP contribution < -0.4 is 10.2 Å². The SMILES string of the molecule is C=C(SC(=NC)N(c1cc(Cl)nc(C)n1)c1cc(Cl)nc(C)n1)C(=O)Nc1c(C)cccc1Cl. The Morgan fingerprint density at radius 1 is 1.00 bits per heavy atom. The number of carbonyl (C=O) groups excluding carboxylic acids is 1. The minimum atomic E-state index is -0.434. The van der Waals surface area contributed by atoms with Crippen LogP contribution in [0.2, 0.25) is 15.3 Å². The van der Waals surface area contributed by atoms with E-state index >= 15 is 0 Å². The van der Waals surface area contributed by atoms with Gasteiger partial charge in [-0.1, -0.05) is 53.5 Å². The number of hydrogen-bond donors (Lipinski definition) is 1. The molecule has 0 unspecified atom stereocenters. The molecule has 0 aliphatic rings. The fourth-order valence-corrected chi connectivity index (χ4v) is 4.34. The molecule has 176 valence electrons. The molecular weight excluding hydrogens is 517 g/mol. The smallest absolute Gasteiger partial charge is 0.261 e. The van der Waals surface area contributed by atoms with Crippen molar-refractivity contribution >= 4 is 75.0 Å². The van der Waals surface area contributed by atoms with E-state index in [2.05, 4.69) is 36.8 Å². The molecule has 0 aliphatic carbocycles. The third-order valence-electron chi connectivity index (χ3n) is 4.36. The van der Waals surface area contributed by atoms with Crippen molar-refractivity contribution in [1.29, 1.82) is 0 Å². The van der Waals surface area contributed by atoms with E-state index in [9.17, 15) is 4.79 Å². The second kappa shape index (κ2) is 11.1.